The zero-order valence-corrected chi connectivity index (χ0v) is 21.2. The van der Waals surface area contributed by atoms with Crippen LogP contribution in [0.3, 0.4) is 0 Å². The summed E-state index contributed by atoms with van der Waals surface area (Å²) in [6.45, 7) is 2.25. The summed E-state index contributed by atoms with van der Waals surface area (Å²) >= 11 is 0. The first-order valence-electron chi connectivity index (χ1n) is 12.8. The minimum Gasteiger partial charge on any atom is -0.338 e. The minimum atomic E-state index is -0.441. The van der Waals surface area contributed by atoms with Gasteiger partial charge in [0.25, 0.3) is 0 Å². The van der Waals surface area contributed by atoms with Gasteiger partial charge in [0.15, 0.2) is 10.8 Å². The van der Waals surface area contributed by atoms with Crippen molar-refractivity contribution in [2.75, 3.05) is 5.32 Å². The highest BCUT2D eigenvalue weighted by atomic mass is 16.2. The standard InChI is InChI=1S/C30H28N6O2/c1-20-7-9-24(10-8-20)29(37)32-25-15-11-21(12-16-25)27-19-31-28(33-27)22-13-17-26(18-14-22)34-36-35-30(38)23-5-3-2-4-6-23/h2-6,11-20,24H,7-10H2,1H3,(H,32,33,34,35,37,38)/p+1. The highest BCUT2D eigenvalue weighted by molar-refractivity contribution is 5.94. The van der Waals surface area contributed by atoms with Crippen LogP contribution in [0.25, 0.3) is 22.6 Å². The molecule has 1 fully saturated rings. The third kappa shape index (κ3) is 6.17. The van der Waals surface area contributed by atoms with Crippen molar-refractivity contribution in [3.05, 3.63) is 90.6 Å². The summed E-state index contributed by atoms with van der Waals surface area (Å²) in [5, 5.41) is 10.7. The van der Waals surface area contributed by atoms with Crippen molar-refractivity contribution in [2.24, 2.45) is 22.1 Å². The van der Waals surface area contributed by atoms with Gasteiger partial charge in [0.05, 0.1) is 11.9 Å². The van der Waals surface area contributed by atoms with Crippen LogP contribution in [0.4, 0.5) is 11.4 Å². The van der Waals surface area contributed by atoms with Gasteiger partial charge in [0.1, 0.15) is 5.82 Å². The molecule has 1 aliphatic rings. The minimum absolute atomic E-state index is 0.111. The van der Waals surface area contributed by atoms with Crippen LogP contribution in [0.15, 0.2) is 95.3 Å². The topological polar surface area (TPSA) is 114 Å². The van der Waals surface area contributed by atoms with Gasteiger partial charge in [-0.3, -0.25) is 9.59 Å². The number of hydrogen-bond donors (Lipinski definition) is 2. The molecule has 2 amide bonds. The Labute approximate surface area is 221 Å². The highest BCUT2D eigenvalue weighted by Crippen LogP contribution is 2.30. The zero-order valence-electron chi connectivity index (χ0n) is 21.2. The number of anilines is 1. The molecule has 0 spiro atoms. The third-order valence-electron chi connectivity index (χ3n) is 6.88. The van der Waals surface area contributed by atoms with E-state index in [4.69, 9.17) is 0 Å². The maximum absolute atomic E-state index is 12.6. The molecule has 0 aliphatic heterocycles. The number of imidazole rings is 1. The summed E-state index contributed by atoms with van der Waals surface area (Å²) in [6, 6.07) is 23.8. The van der Waals surface area contributed by atoms with Gasteiger partial charge < -0.3 is 10.3 Å². The largest absolute Gasteiger partial charge is 0.360 e. The number of rotatable bonds is 6. The van der Waals surface area contributed by atoms with Crippen molar-refractivity contribution < 1.29 is 9.59 Å². The van der Waals surface area contributed by atoms with Crippen LogP contribution in [-0.4, -0.2) is 21.8 Å². The van der Waals surface area contributed by atoms with Crippen LogP contribution in [0, 0.1) is 11.8 Å². The van der Waals surface area contributed by atoms with Crippen LogP contribution in [0.5, 0.6) is 0 Å². The molecule has 4 aromatic rings. The number of aromatic amines is 1. The van der Waals surface area contributed by atoms with E-state index in [1.165, 1.54) is 0 Å². The lowest BCUT2D eigenvalue weighted by atomic mass is 9.82. The second kappa shape index (κ2) is 11.6. The summed E-state index contributed by atoms with van der Waals surface area (Å²) < 4.78 is 0. The summed E-state index contributed by atoms with van der Waals surface area (Å²) in [5.41, 5.74) is 4.58. The van der Waals surface area contributed by atoms with E-state index in [0.29, 0.717) is 11.3 Å². The van der Waals surface area contributed by atoms with Gasteiger partial charge in [-0.2, -0.15) is 0 Å². The number of hydrogen-bond acceptors (Lipinski definition) is 4. The van der Waals surface area contributed by atoms with E-state index in [9.17, 15) is 9.59 Å². The molecule has 1 heterocycles. The van der Waals surface area contributed by atoms with Gasteiger partial charge in [-0.15, -0.1) is 0 Å². The number of aromatic nitrogens is 2. The molecule has 3 aromatic carbocycles. The number of amides is 2. The van der Waals surface area contributed by atoms with E-state index < -0.39 is 5.91 Å². The van der Waals surface area contributed by atoms with Gasteiger partial charge >= 0.3 is 5.91 Å². The summed E-state index contributed by atoms with van der Waals surface area (Å²) in [5.74, 6) is 1.23. The van der Waals surface area contributed by atoms with Crippen LogP contribution < -0.4 is 10.2 Å². The molecule has 1 aliphatic carbocycles. The van der Waals surface area contributed by atoms with Crippen molar-refractivity contribution in [3.8, 4) is 22.6 Å². The number of nitrogens with one attached hydrogen (secondary N) is 2. The van der Waals surface area contributed by atoms with E-state index in [1.54, 1.807) is 42.6 Å². The van der Waals surface area contributed by atoms with Gasteiger partial charge in [0.2, 0.25) is 15.9 Å². The van der Waals surface area contributed by atoms with Crippen molar-refractivity contribution in [3.63, 3.8) is 0 Å². The van der Waals surface area contributed by atoms with E-state index in [2.05, 4.69) is 37.3 Å². The number of carbonyl (C=O) groups excluding carboxylic acids is 2. The Bertz CT molecular complexity index is 1460. The second-order valence-electron chi connectivity index (χ2n) is 9.68. The third-order valence-corrected chi connectivity index (χ3v) is 6.88. The molecule has 0 bridgehead atoms. The van der Waals surface area contributed by atoms with Gasteiger partial charge in [-0.05, 0) is 85.7 Å². The van der Waals surface area contributed by atoms with Crippen LogP contribution in [-0.2, 0) is 4.79 Å². The lowest BCUT2D eigenvalue weighted by Gasteiger charge is -2.25. The van der Waals surface area contributed by atoms with Crippen LogP contribution in [0.2, 0.25) is 0 Å². The first kappa shape index (κ1) is 25.0. The molecule has 0 unspecified atom stereocenters. The molecule has 8 heteroatoms. The number of carbonyl (C=O) groups is 2. The van der Waals surface area contributed by atoms with E-state index in [-0.39, 0.29) is 11.8 Å². The quantitative estimate of drug-likeness (QED) is 0.218. The van der Waals surface area contributed by atoms with Gasteiger partial charge in [-0.1, -0.05) is 37.3 Å². The molecule has 2 N–H and O–H groups in total. The van der Waals surface area contributed by atoms with Crippen molar-refractivity contribution in [2.45, 2.75) is 32.6 Å². The molecule has 1 aromatic heterocycles. The molecular weight excluding hydrogens is 476 g/mol. The fourth-order valence-corrected chi connectivity index (χ4v) is 4.55. The van der Waals surface area contributed by atoms with Crippen molar-refractivity contribution in [1.82, 2.24) is 14.9 Å². The normalized spacial score (nSPS) is 16.8. The molecular formula is C30H29N6O2+. The summed E-state index contributed by atoms with van der Waals surface area (Å²) in [4.78, 5) is 36.1. The predicted octanol–water partition coefficient (Wildman–Crippen LogP) is 6.95. The monoisotopic (exact) mass is 505 g/mol. The Morgan fingerprint density at radius 1 is 0.895 bits per heavy atom. The Morgan fingerprint density at radius 3 is 2.29 bits per heavy atom. The van der Waals surface area contributed by atoms with Crippen molar-refractivity contribution >= 4 is 23.2 Å². The molecule has 0 atom stereocenters. The lowest BCUT2D eigenvalue weighted by Crippen LogP contribution is -2.26. The van der Waals surface area contributed by atoms with E-state index in [1.807, 2.05) is 42.5 Å². The molecule has 190 valence electrons. The predicted molar refractivity (Wildman–Crippen MR) is 147 cm³/mol. The van der Waals surface area contributed by atoms with Gasteiger partial charge in [-0.25, -0.2) is 4.98 Å². The Balaban J connectivity index is 1.20. The second-order valence-corrected chi connectivity index (χ2v) is 9.68. The first-order chi connectivity index (χ1) is 18.5. The molecule has 1 saturated carbocycles. The molecule has 0 radical (unpaired) electrons. The molecule has 0 saturated heterocycles. The summed E-state index contributed by atoms with van der Waals surface area (Å²) in [6.07, 6.45) is 5.97. The fraction of sp³-hybridized carbons (Fsp3) is 0.233. The smallest absolute Gasteiger partial charge is 0.338 e. The van der Waals surface area contributed by atoms with E-state index in [0.717, 1.165) is 59.9 Å². The summed E-state index contributed by atoms with van der Waals surface area (Å²) in [7, 11) is 0. The Kier molecular flexibility index (Phi) is 7.62. The highest BCUT2D eigenvalue weighted by Gasteiger charge is 2.24. The number of benzene rings is 3. The first-order valence-corrected chi connectivity index (χ1v) is 12.8. The van der Waals surface area contributed by atoms with Crippen LogP contribution in [0.1, 0.15) is 43.0 Å². The van der Waals surface area contributed by atoms with Crippen LogP contribution >= 0.6 is 0 Å². The Morgan fingerprint density at radius 2 is 1.58 bits per heavy atom. The molecule has 5 rings (SSSR count). The number of nitrogens with zero attached hydrogens (tertiary/aromatic N) is 4. The number of H-pyrrole nitrogens is 1. The fourth-order valence-electron chi connectivity index (χ4n) is 4.55. The SMILES string of the molecule is CC1CCC(C(=O)Nc2ccc(-c3cnc(-c4ccc(N=[N+]=NC(=O)c5ccccc5)cc4)[nH]3)cc2)CC1. The average Bonchev–Trinajstić information content (AvgIpc) is 3.45. The Hall–Kier alpha value is -4.68. The average molecular weight is 506 g/mol. The maximum atomic E-state index is 12.6. The molecule has 8 nitrogen and oxygen atoms in total. The zero-order chi connectivity index (χ0) is 26.3. The lowest BCUT2D eigenvalue weighted by molar-refractivity contribution is -0.121. The maximum Gasteiger partial charge on any atom is 0.360 e. The van der Waals surface area contributed by atoms with Gasteiger partial charge in [0, 0.05) is 22.7 Å². The van der Waals surface area contributed by atoms with Crippen molar-refractivity contribution in [1.29, 1.82) is 0 Å². The molecule has 38 heavy (non-hydrogen) atoms. The van der Waals surface area contributed by atoms with E-state index >= 15 is 0 Å².